The summed E-state index contributed by atoms with van der Waals surface area (Å²) in [5, 5.41) is 4.44. The molecule has 2 fully saturated rings. The lowest BCUT2D eigenvalue weighted by molar-refractivity contribution is 0.440. The highest BCUT2D eigenvalue weighted by atomic mass is 79.9. The molecule has 0 amide bonds. The second kappa shape index (κ2) is 4.23. The molecule has 0 heterocycles. The molecule has 0 aromatic heterocycles. The van der Waals surface area contributed by atoms with Gasteiger partial charge in [-0.1, -0.05) is 34.0 Å². The Morgan fingerprint density at radius 2 is 2.12 bits per heavy atom. The molecular formula is C13H15BrClN. The molecule has 1 nitrogen and oxygen atoms in total. The summed E-state index contributed by atoms with van der Waals surface area (Å²) in [5.74, 6) is 1.84. The fourth-order valence-corrected chi connectivity index (χ4v) is 3.76. The quantitative estimate of drug-likeness (QED) is 0.834. The Kier molecular flexibility index (Phi) is 2.88. The fourth-order valence-electron chi connectivity index (χ4n) is 3.23. The number of nitrogens with one attached hydrogen (secondary N) is 1. The third-order valence-corrected chi connectivity index (χ3v) is 4.83. The molecule has 0 aliphatic heterocycles. The van der Waals surface area contributed by atoms with Gasteiger partial charge >= 0.3 is 0 Å². The lowest BCUT2D eigenvalue weighted by atomic mass is 9.95. The van der Waals surface area contributed by atoms with Crippen molar-refractivity contribution in [2.75, 3.05) is 5.32 Å². The van der Waals surface area contributed by atoms with Gasteiger partial charge in [0.2, 0.25) is 0 Å². The first-order valence-electron chi connectivity index (χ1n) is 5.94. The van der Waals surface area contributed by atoms with Gasteiger partial charge in [0.25, 0.3) is 0 Å². The van der Waals surface area contributed by atoms with Gasteiger partial charge in [-0.3, -0.25) is 0 Å². The van der Waals surface area contributed by atoms with E-state index in [-0.39, 0.29) is 0 Å². The number of hydrogen-bond acceptors (Lipinski definition) is 1. The van der Waals surface area contributed by atoms with E-state index in [9.17, 15) is 0 Å². The van der Waals surface area contributed by atoms with Crippen molar-refractivity contribution in [2.45, 2.75) is 31.7 Å². The minimum atomic E-state index is 0.644. The van der Waals surface area contributed by atoms with Gasteiger partial charge < -0.3 is 5.32 Å². The van der Waals surface area contributed by atoms with Crippen molar-refractivity contribution in [3.8, 4) is 0 Å². The minimum absolute atomic E-state index is 0.644. The summed E-state index contributed by atoms with van der Waals surface area (Å²) in [7, 11) is 0. The number of hydrogen-bond donors (Lipinski definition) is 1. The van der Waals surface area contributed by atoms with Crippen LogP contribution in [0.3, 0.4) is 0 Å². The standard InChI is InChI=1S/C13H15BrClN/c14-10-3-4-11(15)13(7-10)16-12-6-8-1-2-9(12)5-8/h3-4,7-9,12,16H,1-2,5-6H2. The number of benzene rings is 1. The molecule has 3 heteroatoms. The third kappa shape index (κ3) is 1.98. The highest BCUT2D eigenvalue weighted by Gasteiger charge is 2.39. The average Bonchev–Trinajstić information content (AvgIpc) is 2.85. The third-order valence-electron chi connectivity index (χ3n) is 4.01. The Balaban J connectivity index is 1.76. The van der Waals surface area contributed by atoms with Crippen molar-refractivity contribution >= 4 is 33.2 Å². The normalized spacial score (nSPS) is 32.0. The maximum Gasteiger partial charge on any atom is 0.0638 e. The molecule has 2 saturated carbocycles. The van der Waals surface area contributed by atoms with Crippen molar-refractivity contribution in [1.29, 1.82) is 0 Å². The van der Waals surface area contributed by atoms with E-state index in [0.717, 1.165) is 27.0 Å². The number of anilines is 1. The second-order valence-electron chi connectivity index (χ2n) is 5.05. The van der Waals surface area contributed by atoms with E-state index in [1.165, 1.54) is 25.7 Å². The van der Waals surface area contributed by atoms with Crippen LogP contribution in [0.1, 0.15) is 25.7 Å². The van der Waals surface area contributed by atoms with Crippen LogP contribution in [0.15, 0.2) is 22.7 Å². The van der Waals surface area contributed by atoms with Crippen molar-refractivity contribution in [1.82, 2.24) is 0 Å². The number of halogens is 2. The van der Waals surface area contributed by atoms with Gasteiger partial charge in [-0.2, -0.15) is 0 Å². The molecule has 0 radical (unpaired) electrons. The van der Waals surface area contributed by atoms with E-state index in [4.69, 9.17) is 11.6 Å². The van der Waals surface area contributed by atoms with Crippen LogP contribution < -0.4 is 5.32 Å². The van der Waals surface area contributed by atoms with Gasteiger partial charge in [0.05, 0.1) is 10.7 Å². The molecule has 86 valence electrons. The van der Waals surface area contributed by atoms with E-state index in [0.29, 0.717) is 6.04 Å². The van der Waals surface area contributed by atoms with Crippen LogP contribution in [-0.2, 0) is 0 Å². The molecule has 3 rings (SSSR count). The van der Waals surface area contributed by atoms with E-state index in [1.54, 1.807) is 0 Å². The lowest BCUT2D eigenvalue weighted by Crippen LogP contribution is -2.25. The molecule has 1 aromatic carbocycles. The molecule has 2 bridgehead atoms. The first-order valence-corrected chi connectivity index (χ1v) is 7.11. The zero-order valence-corrected chi connectivity index (χ0v) is 11.4. The largest absolute Gasteiger partial charge is 0.381 e. The highest BCUT2D eigenvalue weighted by Crippen LogP contribution is 2.46. The molecule has 16 heavy (non-hydrogen) atoms. The molecule has 3 atom stereocenters. The van der Waals surface area contributed by atoms with E-state index < -0.39 is 0 Å². The summed E-state index contributed by atoms with van der Waals surface area (Å²) >= 11 is 9.68. The SMILES string of the molecule is Clc1ccc(Br)cc1NC1CC2CCC1C2. The van der Waals surface area contributed by atoms with Gasteiger partial charge in [0.15, 0.2) is 0 Å². The molecule has 1 N–H and O–H groups in total. The highest BCUT2D eigenvalue weighted by molar-refractivity contribution is 9.10. The number of rotatable bonds is 2. The summed E-state index contributed by atoms with van der Waals surface area (Å²) in [6, 6.07) is 6.65. The molecule has 1 aromatic rings. The summed E-state index contributed by atoms with van der Waals surface area (Å²) in [6.07, 6.45) is 5.58. The maximum absolute atomic E-state index is 6.19. The Morgan fingerprint density at radius 3 is 2.81 bits per heavy atom. The molecule has 2 aliphatic rings. The predicted molar refractivity (Wildman–Crippen MR) is 72.0 cm³/mol. The molecular weight excluding hydrogens is 286 g/mol. The van der Waals surface area contributed by atoms with Crippen molar-refractivity contribution < 1.29 is 0 Å². The minimum Gasteiger partial charge on any atom is -0.381 e. The second-order valence-corrected chi connectivity index (χ2v) is 6.37. The van der Waals surface area contributed by atoms with E-state index in [2.05, 4.69) is 27.3 Å². The first kappa shape index (κ1) is 10.9. The smallest absolute Gasteiger partial charge is 0.0638 e. The zero-order valence-electron chi connectivity index (χ0n) is 9.05. The number of fused-ring (bicyclic) bond motifs is 2. The van der Waals surface area contributed by atoms with Gasteiger partial charge in [-0.25, -0.2) is 0 Å². The van der Waals surface area contributed by atoms with Gasteiger partial charge in [0.1, 0.15) is 0 Å². The Hall–Kier alpha value is -0.210. The van der Waals surface area contributed by atoms with Crippen LogP contribution in [0.2, 0.25) is 5.02 Å². The zero-order chi connectivity index (χ0) is 11.1. The van der Waals surface area contributed by atoms with E-state index >= 15 is 0 Å². The molecule has 0 saturated heterocycles. The Bertz CT molecular complexity index is 407. The van der Waals surface area contributed by atoms with Crippen LogP contribution in [0.25, 0.3) is 0 Å². The van der Waals surface area contributed by atoms with Crippen LogP contribution >= 0.6 is 27.5 Å². The molecule has 0 spiro atoms. The summed E-state index contributed by atoms with van der Waals surface area (Å²) < 4.78 is 1.09. The van der Waals surface area contributed by atoms with Crippen molar-refractivity contribution in [2.24, 2.45) is 11.8 Å². The maximum atomic E-state index is 6.19. The first-order chi connectivity index (χ1) is 7.72. The van der Waals surface area contributed by atoms with Crippen molar-refractivity contribution in [3.63, 3.8) is 0 Å². The molecule has 3 unspecified atom stereocenters. The summed E-state index contributed by atoms with van der Waals surface area (Å²) in [5.41, 5.74) is 1.08. The van der Waals surface area contributed by atoms with E-state index in [1.807, 2.05) is 12.1 Å². The van der Waals surface area contributed by atoms with Crippen molar-refractivity contribution in [3.05, 3.63) is 27.7 Å². The average molecular weight is 301 g/mol. The predicted octanol–water partition coefficient (Wildman–Crippen LogP) is 4.70. The van der Waals surface area contributed by atoms with Crippen LogP contribution in [0, 0.1) is 11.8 Å². The Labute approximate surface area is 110 Å². The topological polar surface area (TPSA) is 12.0 Å². The lowest BCUT2D eigenvalue weighted by Gasteiger charge is -2.24. The van der Waals surface area contributed by atoms with Gasteiger partial charge in [0, 0.05) is 10.5 Å². The van der Waals surface area contributed by atoms with Crippen LogP contribution in [0.4, 0.5) is 5.69 Å². The van der Waals surface area contributed by atoms with Gasteiger partial charge in [-0.05, 0) is 49.3 Å². The Morgan fingerprint density at radius 1 is 1.25 bits per heavy atom. The summed E-state index contributed by atoms with van der Waals surface area (Å²) in [6.45, 7) is 0. The van der Waals surface area contributed by atoms with Crippen LogP contribution in [0.5, 0.6) is 0 Å². The summed E-state index contributed by atoms with van der Waals surface area (Å²) in [4.78, 5) is 0. The fraction of sp³-hybridized carbons (Fsp3) is 0.538. The molecule has 2 aliphatic carbocycles. The van der Waals surface area contributed by atoms with Crippen LogP contribution in [-0.4, -0.2) is 6.04 Å². The van der Waals surface area contributed by atoms with Gasteiger partial charge in [-0.15, -0.1) is 0 Å². The monoisotopic (exact) mass is 299 g/mol.